The van der Waals surface area contributed by atoms with Crippen LogP contribution in [0.5, 0.6) is 0 Å². The highest BCUT2D eigenvalue weighted by Crippen LogP contribution is 2.37. The quantitative estimate of drug-likeness (QED) is 0.832. The molecule has 0 saturated carbocycles. The fraction of sp³-hybridized carbons (Fsp3) is 0.429. The molecule has 1 aromatic carbocycles. The minimum atomic E-state index is -0.320. The van der Waals surface area contributed by atoms with Crippen LogP contribution in [0.15, 0.2) is 34.2 Å². The van der Waals surface area contributed by atoms with Gasteiger partial charge in [-0.15, -0.1) is 5.10 Å². The number of hydrogen-bond donors (Lipinski definition) is 2. The highest BCUT2D eigenvalue weighted by Gasteiger charge is 2.24. The molecule has 2 unspecified atom stereocenters. The third-order valence-electron chi connectivity index (χ3n) is 3.11. The summed E-state index contributed by atoms with van der Waals surface area (Å²) < 4.78 is 15.5. The number of nitrogens with two attached hydrogens (primary N) is 1. The molecule has 2 rings (SSSR count). The summed E-state index contributed by atoms with van der Waals surface area (Å²) in [6.07, 6.45) is 0. The predicted octanol–water partition coefficient (Wildman–Crippen LogP) is 2.47. The molecule has 114 valence electrons. The number of aromatic nitrogens is 3. The number of hydrogen-bond acceptors (Lipinski definition) is 4. The third-order valence-corrected chi connectivity index (χ3v) is 4.55. The number of nitrogens with zero attached hydrogens (tertiary/aromatic N) is 2. The van der Waals surface area contributed by atoms with Gasteiger partial charge < -0.3 is 5.73 Å². The molecule has 0 fully saturated rings. The Morgan fingerprint density at radius 3 is 2.57 bits per heavy atom. The summed E-state index contributed by atoms with van der Waals surface area (Å²) in [7, 11) is 0. The van der Waals surface area contributed by atoms with Crippen LogP contribution >= 0.6 is 11.8 Å². The van der Waals surface area contributed by atoms with Crippen molar-refractivity contribution in [3.8, 4) is 0 Å². The molecule has 2 aromatic rings. The molecule has 1 heterocycles. The lowest BCUT2D eigenvalue weighted by molar-refractivity contribution is 0.531. The summed E-state index contributed by atoms with van der Waals surface area (Å²) in [5.74, 6) is -0.304. The summed E-state index contributed by atoms with van der Waals surface area (Å²) in [5, 5.41) is 6.65. The van der Waals surface area contributed by atoms with E-state index in [4.69, 9.17) is 5.73 Å². The van der Waals surface area contributed by atoms with Gasteiger partial charge in [0.2, 0.25) is 0 Å². The van der Waals surface area contributed by atoms with Crippen LogP contribution in [0.2, 0.25) is 0 Å². The SMILES string of the molecule is CC(N)C(Sc1n[nH]c(=O)n1C(C)C)c1ccccc1F. The summed E-state index contributed by atoms with van der Waals surface area (Å²) in [6, 6.07) is 6.20. The first-order chi connectivity index (χ1) is 9.91. The molecular weight excluding hydrogens is 291 g/mol. The van der Waals surface area contributed by atoms with Gasteiger partial charge in [-0.05, 0) is 26.8 Å². The van der Waals surface area contributed by atoms with Crippen LogP contribution in [0.3, 0.4) is 0 Å². The minimum absolute atomic E-state index is 0.0342. The predicted molar refractivity (Wildman–Crippen MR) is 81.9 cm³/mol. The average molecular weight is 310 g/mol. The zero-order valence-electron chi connectivity index (χ0n) is 12.2. The lowest BCUT2D eigenvalue weighted by Gasteiger charge is -2.21. The number of benzene rings is 1. The van der Waals surface area contributed by atoms with E-state index in [2.05, 4.69) is 10.2 Å². The van der Waals surface area contributed by atoms with Crippen LogP contribution in [-0.2, 0) is 0 Å². The van der Waals surface area contributed by atoms with Gasteiger partial charge in [0.05, 0.1) is 5.25 Å². The fourth-order valence-electron chi connectivity index (χ4n) is 2.10. The van der Waals surface area contributed by atoms with Crippen LogP contribution < -0.4 is 11.4 Å². The number of H-pyrrole nitrogens is 1. The van der Waals surface area contributed by atoms with Crippen LogP contribution in [0.4, 0.5) is 4.39 Å². The summed E-state index contributed by atoms with van der Waals surface area (Å²) in [5.41, 5.74) is 6.25. The lowest BCUT2D eigenvalue weighted by Crippen LogP contribution is -2.25. The molecule has 0 bridgehead atoms. The first kappa shape index (κ1) is 15.8. The Hall–Kier alpha value is -1.60. The smallest absolute Gasteiger partial charge is 0.327 e. The highest BCUT2D eigenvalue weighted by molar-refractivity contribution is 7.99. The molecule has 0 aliphatic rings. The van der Waals surface area contributed by atoms with Gasteiger partial charge in [0.1, 0.15) is 5.82 Å². The van der Waals surface area contributed by atoms with Gasteiger partial charge in [0.15, 0.2) is 5.16 Å². The van der Waals surface area contributed by atoms with E-state index in [1.165, 1.54) is 17.8 Å². The standard InChI is InChI=1S/C14H19FN4OS/c1-8(2)19-13(20)17-18-14(19)21-12(9(3)16)10-6-4-5-7-11(10)15/h4-9,12H,16H2,1-3H3,(H,17,20). The Morgan fingerprint density at radius 2 is 2.00 bits per heavy atom. The molecule has 0 amide bonds. The van der Waals surface area contributed by atoms with Crippen molar-refractivity contribution < 1.29 is 4.39 Å². The van der Waals surface area contributed by atoms with Gasteiger partial charge in [0, 0.05) is 17.6 Å². The maximum Gasteiger partial charge on any atom is 0.344 e. The lowest BCUT2D eigenvalue weighted by atomic mass is 10.1. The molecule has 1 aromatic heterocycles. The van der Waals surface area contributed by atoms with Crippen molar-refractivity contribution in [3.63, 3.8) is 0 Å². The molecule has 0 aliphatic heterocycles. The Balaban J connectivity index is 2.39. The molecule has 7 heteroatoms. The van der Waals surface area contributed by atoms with Gasteiger partial charge in [-0.2, -0.15) is 0 Å². The van der Waals surface area contributed by atoms with Crippen LogP contribution in [0.1, 0.15) is 37.6 Å². The first-order valence-electron chi connectivity index (χ1n) is 6.75. The molecule has 21 heavy (non-hydrogen) atoms. The second-order valence-electron chi connectivity index (χ2n) is 5.19. The Labute approximate surface area is 126 Å². The molecule has 2 atom stereocenters. The van der Waals surface area contributed by atoms with E-state index in [1.54, 1.807) is 22.8 Å². The van der Waals surface area contributed by atoms with E-state index in [9.17, 15) is 9.18 Å². The van der Waals surface area contributed by atoms with Crippen molar-refractivity contribution in [3.05, 3.63) is 46.1 Å². The first-order valence-corrected chi connectivity index (χ1v) is 7.63. The average Bonchev–Trinajstić information content (AvgIpc) is 2.78. The second-order valence-corrected chi connectivity index (χ2v) is 6.30. The topological polar surface area (TPSA) is 76.7 Å². The minimum Gasteiger partial charge on any atom is -0.327 e. The van der Waals surface area contributed by atoms with Crippen molar-refractivity contribution in [2.45, 2.75) is 43.3 Å². The van der Waals surface area contributed by atoms with Gasteiger partial charge in [0.25, 0.3) is 0 Å². The number of thioether (sulfide) groups is 1. The molecule has 0 radical (unpaired) electrons. The third kappa shape index (κ3) is 3.36. The van der Waals surface area contributed by atoms with Crippen LogP contribution in [0, 0.1) is 5.82 Å². The number of aromatic amines is 1. The van der Waals surface area contributed by atoms with E-state index < -0.39 is 0 Å². The molecule has 0 aliphatic carbocycles. The highest BCUT2D eigenvalue weighted by atomic mass is 32.2. The molecule has 5 nitrogen and oxygen atoms in total. The zero-order valence-corrected chi connectivity index (χ0v) is 13.0. The summed E-state index contributed by atoms with van der Waals surface area (Å²) in [4.78, 5) is 11.8. The van der Waals surface area contributed by atoms with Crippen molar-refractivity contribution in [2.75, 3.05) is 0 Å². The van der Waals surface area contributed by atoms with Gasteiger partial charge >= 0.3 is 5.69 Å². The Bertz CT molecular complexity index is 665. The van der Waals surface area contributed by atoms with Crippen molar-refractivity contribution >= 4 is 11.8 Å². The molecule has 0 saturated heterocycles. The summed E-state index contributed by atoms with van der Waals surface area (Å²) in [6.45, 7) is 5.60. The van der Waals surface area contributed by atoms with Gasteiger partial charge in [-0.1, -0.05) is 30.0 Å². The van der Waals surface area contributed by atoms with E-state index in [-0.39, 0.29) is 28.8 Å². The van der Waals surface area contributed by atoms with Crippen molar-refractivity contribution in [1.82, 2.24) is 14.8 Å². The normalized spacial score (nSPS) is 14.4. The number of nitrogens with one attached hydrogen (secondary N) is 1. The van der Waals surface area contributed by atoms with Crippen LogP contribution in [-0.4, -0.2) is 20.8 Å². The van der Waals surface area contributed by atoms with Gasteiger partial charge in [-0.25, -0.2) is 14.3 Å². The Morgan fingerprint density at radius 1 is 1.33 bits per heavy atom. The van der Waals surface area contributed by atoms with Crippen molar-refractivity contribution in [1.29, 1.82) is 0 Å². The largest absolute Gasteiger partial charge is 0.344 e. The summed E-state index contributed by atoms with van der Waals surface area (Å²) >= 11 is 1.30. The molecule has 3 N–H and O–H groups in total. The second kappa shape index (κ2) is 6.44. The van der Waals surface area contributed by atoms with E-state index in [0.717, 1.165) is 0 Å². The maximum absolute atomic E-state index is 14.0. The van der Waals surface area contributed by atoms with Gasteiger partial charge in [-0.3, -0.25) is 4.57 Å². The maximum atomic E-state index is 14.0. The van der Waals surface area contributed by atoms with E-state index >= 15 is 0 Å². The number of rotatable bonds is 5. The fourth-order valence-corrected chi connectivity index (χ4v) is 3.37. The van der Waals surface area contributed by atoms with E-state index in [1.807, 2.05) is 20.8 Å². The molecular formula is C14H19FN4OS. The Kier molecular flexibility index (Phi) is 4.84. The zero-order chi connectivity index (χ0) is 15.6. The van der Waals surface area contributed by atoms with Crippen molar-refractivity contribution in [2.24, 2.45) is 5.73 Å². The molecule has 0 spiro atoms. The van der Waals surface area contributed by atoms with Crippen LogP contribution in [0.25, 0.3) is 0 Å². The monoisotopic (exact) mass is 310 g/mol. The number of halogens is 1. The van der Waals surface area contributed by atoms with E-state index in [0.29, 0.717) is 10.7 Å².